The number of benzene rings is 4. The van der Waals surface area contributed by atoms with E-state index >= 15 is 0 Å². The molecule has 4 aromatic rings. The van der Waals surface area contributed by atoms with Crippen molar-refractivity contribution in [2.45, 2.75) is 24.7 Å². The third-order valence-corrected chi connectivity index (χ3v) is 22.6. The summed E-state index contributed by atoms with van der Waals surface area (Å²) >= 11 is -2.55. The zero-order valence-corrected chi connectivity index (χ0v) is 22.0. The molecular formula is C29H24Cl2Zr. The maximum Gasteiger partial charge on any atom is -1.00 e. The zero-order valence-electron chi connectivity index (χ0n) is 18.0. The molecule has 0 nitrogen and oxygen atoms in total. The first kappa shape index (κ1) is 22.2. The Kier molecular flexibility index (Phi) is 5.53. The van der Waals surface area contributed by atoms with E-state index in [9.17, 15) is 0 Å². The second-order valence-corrected chi connectivity index (χ2v) is 20.9. The van der Waals surface area contributed by atoms with Gasteiger partial charge in [0.05, 0.1) is 0 Å². The Bertz CT molecular complexity index is 1430. The second kappa shape index (κ2) is 7.98. The number of hydrogen-bond acceptors (Lipinski definition) is 0. The first-order chi connectivity index (χ1) is 14.8. The van der Waals surface area contributed by atoms with Crippen LogP contribution in [0.4, 0.5) is 0 Å². The Morgan fingerprint density at radius 3 is 2.00 bits per heavy atom. The summed E-state index contributed by atoms with van der Waals surface area (Å²) in [5.74, 6) is 0. The number of fused-ring (bicyclic) bond motifs is 8. The van der Waals surface area contributed by atoms with Crippen LogP contribution in [0.2, 0.25) is 7.75 Å². The van der Waals surface area contributed by atoms with E-state index < -0.39 is 20.3 Å². The average molecular weight is 535 g/mol. The van der Waals surface area contributed by atoms with Crippen LogP contribution in [0.25, 0.3) is 32.7 Å². The molecule has 1 saturated heterocycles. The minimum atomic E-state index is -2.55. The van der Waals surface area contributed by atoms with E-state index in [1.165, 1.54) is 43.2 Å². The van der Waals surface area contributed by atoms with Crippen molar-refractivity contribution in [3.63, 3.8) is 0 Å². The van der Waals surface area contributed by atoms with Gasteiger partial charge in [-0.2, -0.15) is 0 Å². The molecule has 4 aromatic carbocycles. The summed E-state index contributed by atoms with van der Waals surface area (Å²) in [6.45, 7) is 2.55. The van der Waals surface area contributed by atoms with Gasteiger partial charge in [-0.05, 0) is 0 Å². The van der Waals surface area contributed by atoms with E-state index in [2.05, 4.69) is 97.9 Å². The molecule has 3 atom stereocenters. The summed E-state index contributed by atoms with van der Waals surface area (Å²) in [5.41, 5.74) is 6.33. The molecular weight excluding hydrogens is 510 g/mol. The summed E-state index contributed by atoms with van der Waals surface area (Å²) in [7, 11) is 0. The van der Waals surface area contributed by atoms with Crippen molar-refractivity contribution in [2.24, 2.45) is 0 Å². The van der Waals surface area contributed by atoms with E-state index in [0.717, 1.165) is 3.63 Å². The molecule has 1 heterocycles. The zero-order chi connectivity index (χ0) is 19.9. The topological polar surface area (TPSA) is 0 Å². The smallest absolute Gasteiger partial charge is 1.00 e. The fourth-order valence-electron chi connectivity index (χ4n) is 6.70. The van der Waals surface area contributed by atoms with E-state index in [0.29, 0.717) is 3.63 Å². The molecule has 0 spiro atoms. The first-order valence-corrected chi connectivity index (χ1v) is 17.0. The van der Waals surface area contributed by atoms with Gasteiger partial charge in [0.1, 0.15) is 0 Å². The first-order valence-electron chi connectivity index (χ1n) is 11.2. The van der Waals surface area contributed by atoms with Crippen LogP contribution in [0, 0.1) is 0 Å². The van der Waals surface area contributed by atoms with Crippen molar-refractivity contribution in [1.82, 2.24) is 0 Å². The molecule has 0 N–H and O–H groups in total. The third-order valence-electron chi connectivity index (χ3n) is 8.05. The molecule has 0 aromatic heterocycles. The minimum Gasteiger partial charge on any atom is -1.00 e. The van der Waals surface area contributed by atoms with Crippen molar-refractivity contribution in [1.29, 1.82) is 0 Å². The second-order valence-electron chi connectivity index (χ2n) is 9.37. The fraction of sp³-hybridized carbons (Fsp3) is 0.172. The van der Waals surface area contributed by atoms with Crippen molar-refractivity contribution in [3.8, 4) is 11.1 Å². The molecule has 2 aliphatic carbocycles. The monoisotopic (exact) mass is 532 g/mol. The van der Waals surface area contributed by atoms with Gasteiger partial charge >= 0.3 is 183 Å². The van der Waals surface area contributed by atoms with E-state index in [4.69, 9.17) is 0 Å². The Labute approximate surface area is 206 Å². The number of rotatable bonds is 2. The summed E-state index contributed by atoms with van der Waals surface area (Å²) in [4.78, 5) is 0. The van der Waals surface area contributed by atoms with Gasteiger partial charge in [-0.3, -0.25) is 0 Å². The van der Waals surface area contributed by atoms with Crippen molar-refractivity contribution < 1.29 is 45.1 Å². The van der Waals surface area contributed by atoms with Gasteiger partial charge in [0.25, 0.3) is 0 Å². The molecule has 1 aliphatic heterocycles. The van der Waals surface area contributed by atoms with Crippen LogP contribution in [0.3, 0.4) is 0 Å². The molecule has 0 amide bonds. The molecule has 32 heavy (non-hydrogen) atoms. The fourth-order valence-corrected chi connectivity index (χ4v) is 23.4. The van der Waals surface area contributed by atoms with Gasteiger partial charge in [0.2, 0.25) is 0 Å². The summed E-state index contributed by atoms with van der Waals surface area (Å²) in [6, 6.07) is 27.6. The maximum atomic E-state index is 2.55. The third kappa shape index (κ3) is 2.78. The van der Waals surface area contributed by atoms with Gasteiger partial charge in [-0.1, -0.05) is 0 Å². The molecule has 7 rings (SSSR count). The predicted molar refractivity (Wildman–Crippen MR) is 125 cm³/mol. The average Bonchev–Trinajstić information content (AvgIpc) is 3.16. The van der Waals surface area contributed by atoms with Gasteiger partial charge in [-0.25, -0.2) is 0 Å². The quantitative estimate of drug-likeness (QED) is 0.347. The van der Waals surface area contributed by atoms with Crippen LogP contribution in [-0.4, -0.2) is 0 Å². The van der Waals surface area contributed by atoms with Crippen molar-refractivity contribution in [2.75, 3.05) is 0 Å². The number of allylic oxidation sites excluding steroid dienone is 4. The van der Waals surface area contributed by atoms with Crippen LogP contribution in [0.15, 0.2) is 94.3 Å². The maximum absolute atomic E-state index is 2.55. The van der Waals surface area contributed by atoms with Gasteiger partial charge in [0.15, 0.2) is 0 Å². The van der Waals surface area contributed by atoms with Crippen molar-refractivity contribution in [3.05, 3.63) is 105 Å². The van der Waals surface area contributed by atoms with Crippen molar-refractivity contribution >= 4 is 21.5 Å². The van der Waals surface area contributed by atoms with E-state index in [-0.39, 0.29) is 24.8 Å². The minimum absolute atomic E-state index is 0. The number of hydrogen-bond donors (Lipinski definition) is 0. The Morgan fingerprint density at radius 2 is 1.34 bits per heavy atom. The van der Waals surface area contributed by atoms with E-state index in [1.54, 1.807) is 11.1 Å². The van der Waals surface area contributed by atoms with Crippen LogP contribution in [0.1, 0.15) is 28.1 Å². The van der Waals surface area contributed by atoms with Crippen LogP contribution >= 0.6 is 0 Å². The Morgan fingerprint density at radius 1 is 0.750 bits per heavy atom. The van der Waals surface area contributed by atoms with Crippen LogP contribution < -0.4 is 24.8 Å². The molecule has 0 bridgehead atoms. The van der Waals surface area contributed by atoms with Gasteiger partial charge in [-0.15, -0.1) is 0 Å². The molecule has 0 saturated carbocycles. The molecule has 0 radical (unpaired) electrons. The van der Waals surface area contributed by atoms with Gasteiger partial charge < -0.3 is 24.8 Å². The Hall–Kier alpha value is -1.66. The molecule has 158 valence electrons. The molecule has 1 fully saturated rings. The standard InChI is InChI=1S/C21H13.C5H5.C3H6.2ClH.Zr/c1-2-8-15-14(7-1)13-20-18-11-4-3-9-16(18)17-10-5-6-12-19(17)21(15)20;1-2-4-5-3-1;1-3-2;;;/h1-13H;1-3H,4H2;3H,1H2,2H3;2*1H;/q;;;;;+2/p-2. The normalized spacial score (nSPS) is 22.5. The predicted octanol–water partition coefficient (Wildman–Crippen LogP) is 2.31. The molecule has 3 heteroatoms. The number of halogens is 2. The Balaban J connectivity index is 0.00000108. The van der Waals surface area contributed by atoms with E-state index in [1.807, 2.05) is 3.28 Å². The molecule has 3 aliphatic rings. The van der Waals surface area contributed by atoms with Crippen LogP contribution in [-0.2, 0) is 20.3 Å². The largest absolute Gasteiger partial charge is 1.00 e. The van der Waals surface area contributed by atoms with Crippen LogP contribution in [0.5, 0.6) is 0 Å². The van der Waals surface area contributed by atoms with Gasteiger partial charge in [0, 0.05) is 0 Å². The SMILES string of the molecule is C[CH]1[CH2][Zr+2]1([C]1=CC=CC1)[CH]1c2ccccc2-c2c1c1ccccc1c1ccccc21.[Cl-].[Cl-]. The molecule has 3 unspecified atom stereocenters. The summed E-state index contributed by atoms with van der Waals surface area (Å²) < 4.78 is 4.93. The summed E-state index contributed by atoms with van der Waals surface area (Å²) in [5, 5.41) is 5.76. The summed E-state index contributed by atoms with van der Waals surface area (Å²) in [6.07, 6.45) is 8.42.